The third kappa shape index (κ3) is 5.15. The molecule has 0 N–H and O–H groups in total. The van der Waals surface area contributed by atoms with Crippen molar-refractivity contribution in [1.29, 1.82) is 0 Å². The number of allylic oxidation sites excluding steroid dienone is 6. The summed E-state index contributed by atoms with van der Waals surface area (Å²) >= 11 is 2.44. The van der Waals surface area contributed by atoms with Gasteiger partial charge in [0.2, 0.25) is 0 Å². The van der Waals surface area contributed by atoms with E-state index in [0.717, 1.165) is 0 Å². The number of hydrogen-bond donors (Lipinski definition) is 0. The lowest BCUT2D eigenvalue weighted by Gasteiger charge is -2.24. The van der Waals surface area contributed by atoms with E-state index in [1.165, 1.54) is 11.1 Å². The molecule has 0 aromatic heterocycles. The zero-order chi connectivity index (χ0) is 13.0. The van der Waals surface area contributed by atoms with Gasteiger partial charge in [-0.05, 0) is 30.4 Å². The molecule has 90 valence electrons. The summed E-state index contributed by atoms with van der Waals surface area (Å²) in [7, 11) is 0. The van der Waals surface area contributed by atoms with Crippen molar-refractivity contribution in [2.75, 3.05) is 0 Å². The van der Waals surface area contributed by atoms with Crippen LogP contribution in [-0.4, -0.2) is 3.42 Å². The van der Waals surface area contributed by atoms with E-state index in [0.29, 0.717) is 0 Å². The van der Waals surface area contributed by atoms with Crippen LogP contribution in [0.4, 0.5) is 0 Å². The molecule has 0 aromatic rings. The van der Waals surface area contributed by atoms with Crippen LogP contribution in [0.2, 0.25) is 0 Å². The Kier molecular flexibility index (Phi) is 5.74. The molecule has 0 spiro atoms. The predicted molar refractivity (Wildman–Crippen MR) is 84.1 cm³/mol. The van der Waals surface area contributed by atoms with Gasteiger partial charge in [0.05, 0.1) is 0 Å². The third-order valence-electron chi connectivity index (χ3n) is 2.38. The Morgan fingerprint density at radius 3 is 1.75 bits per heavy atom. The first-order valence-electron chi connectivity index (χ1n) is 5.49. The molecule has 0 aliphatic carbocycles. The molecular weight excluding hydrogens is 307 g/mol. The molecule has 0 saturated heterocycles. The normalized spacial score (nSPS) is 14.9. The van der Waals surface area contributed by atoms with Crippen molar-refractivity contribution in [3.63, 3.8) is 0 Å². The molecule has 0 saturated carbocycles. The van der Waals surface area contributed by atoms with Gasteiger partial charge in [0, 0.05) is 3.42 Å². The second-order valence-electron chi connectivity index (χ2n) is 5.38. The van der Waals surface area contributed by atoms with E-state index in [-0.39, 0.29) is 8.84 Å². The second kappa shape index (κ2) is 5.85. The van der Waals surface area contributed by atoms with Crippen molar-refractivity contribution in [1.82, 2.24) is 0 Å². The van der Waals surface area contributed by atoms with Crippen LogP contribution in [0.15, 0.2) is 48.6 Å². The van der Waals surface area contributed by atoms with E-state index in [1.54, 1.807) is 0 Å². The van der Waals surface area contributed by atoms with E-state index in [1.807, 2.05) is 12.2 Å². The smallest absolute Gasteiger partial charge is 0.0414 e. The van der Waals surface area contributed by atoms with Crippen LogP contribution in [0.5, 0.6) is 0 Å². The lowest BCUT2D eigenvalue weighted by molar-refractivity contribution is 0.516. The molecule has 0 rings (SSSR count). The number of rotatable bonds is 4. The highest BCUT2D eigenvalue weighted by Crippen LogP contribution is 2.33. The standard InChI is InChI=1S/C15H23I/c1-8-10-13(14(3,4)5)11-12(9-2)15(6,7)16/h8-11H,1-2H2,3-7H3/b12-11+,13-10+. The van der Waals surface area contributed by atoms with Crippen LogP contribution < -0.4 is 0 Å². The Morgan fingerprint density at radius 2 is 1.50 bits per heavy atom. The zero-order valence-electron chi connectivity index (χ0n) is 11.1. The largest absolute Gasteiger partial charge is 0.0991 e. The maximum Gasteiger partial charge on any atom is 0.0414 e. The SMILES string of the molecule is C=C/C=C(\C=C(/C=C)C(C)(C)I)C(C)(C)C. The van der Waals surface area contributed by atoms with Gasteiger partial charge in [-0.1, -0.05) is 80.8 Å². The quantitative estimate of drug-likeness (QED) is 0.364. The first kappa shape index (κ1) is 15.7. The summed E-state index contributed by atoms with van der Waals surface area (Å²) in [6.07, 6.45) is 8.08. The first-order chi connectivity index (χ1) is 7.12. The minimum absolute atomic E-state index is 0.102. The molecule has 0 nitrogen and oxygen atoms in total. The van der Waals surface area contributed by atoms with Gasteiger partial charge in [-0.15, -0.1) is 0 Å². The molecular formula is C15H23I. The molecule has 0 bridgehead atoms. The average molecular weight is 330 g/mol. The van der Waals surface area contributed by atoms with E-state index in [4.69, 9.17) is 0 Å². The number of hydrogen-bond acceptors (Lipinski definition) is 0. The van der Waals surface area contributed by atoms with Crippen molar-refractivity contribution in [3.05, 3.63) is 48.6 Å². The fourth-order valence-electron chi connectivity index (χ4n) is 1.28. The van der Waals surface area contributed by atoms with Crippen molar-refractivity contribution in [2.45, 2.75) is 38.0 Å². The Morgan fingerprint density at radius 1 is 1.00 bits per heavy atom. The van der Waals surface area contributed by atoms with Gasteiger partial charge in [0.15, 0.2) is 0 Å². The highest BCUT2D eigenvalue weighted by molar-refractivity contribution is 14.1. The van der Waals surface area contributed by atoms with Crippen LogP contribution in [0.3, 0.4) is 0 Å². The summed E-state index contributed by atoms with van der Waals surface area (Å²) < 4.78 is 0.102. The molecule has 0 aromatic carbocycles. The Hall–Kier alpha value is -0.310. The minimum Gasteiger partial charge on any atom is -0.0991 e. The third-order valence-corrected chi connectivity index (χ3v) is 3.00. The summed E-state index contributed by atoms with van der Waals surface area (Å²) in [5.41, 5.74) is 2.66. The summed E-state index contributed by atoms with van der Waals surface area (Å²) in [6, 6.07) is 0. The Bertz CT molecular complexity index is 316. The van der Waals surface area contributed by atoms with Gasteiger partial charge in [-0.3, -0.25) is 0 Å². The highest BCUT2D eigenvalue weighted by atomic mass is 127. The maximum absolute atomic E-state index is 3.90. The van der Waals surface area contributed by atoms with Crippen LogP contribution >= 0.6 is 22.6 Å². The Labute approximate surface area is 114 Å². The van der Waals surface area contributed by atoms with E-state index in [9.17, 15) is 0 Å². The van der Waals surface area contributed by atoms with Crippen molar-refractivity contribution >= 4 is 22.6 Å². The molecule has 0 aliphatic heterocycles. The van der Waals surface area contributed by atoms with Gasteiger partial charge < -0.3 is 0 Å². The fourth-order valence-corrected chi connectivity index (χ4v) is 1.66. The van der Waals surface area contributed by atoms with Crippen molar-refractivity contribution in [3.8, 4) is 0 Å². The van der Waals surface area contributed by atoms with E-state index < -0.39 is 0 Å². The number of alkyl halides is 1. The molecule has 0 unspecified atom stereocenters. The average Bonchev–Trinajstić information content (AvgIpc) is 2.07. The van der Waals surface area contributed by atoms with E-state index >= 15 is 0 Å². The van der Waals surface area contributed by atoms with Gasteiger partial charge >= 0.3 is 0 Å². The topological polar surface area (TPSA) is 0 Å². The highest BCUT2D eigenvalue weighted by Gasteiger charge is 2.20. The van der Waals surface area contributed by atoms with Crippen molar-refractivity contribution < 1.29 is 0 Å². The van der Waals surface area contributed by atoms with E-state index in [2.05, 4.69) is 82.5 Å². The molecule has 0 heterocycles. The molecule has 0 atom stereocenters. The van der Waals surface area contributed by atoms with Crippen LogP contribution in [0, 0.1) is 5.41 Å². The monoisotopic (exact) mass is 330 g/mol. The molecule has 1 heteroatoms. The van der Waals surface area contributed by atoms with Crippen LogP contribution in [-0.2, 0) is 0 Å². The van der Waals surface area contributed by atoms with Gasteiger partial charge in [-0.25, -0.2) is 0 Å². The summed E-state index contributed by atoms with van der Waals surface area (Å²) in [4.78, 5) is 0. The fraction of sp³-hybridized carbons (Fsp3) is 0.467. The zero-order valence-corrected chi connectivity index (χ0v) is 13.3. The molecule has 0 fully saturated rings. The summed E-state index contributed by atoms with van der Waals surface area (Å²) in [5.74, 6) is 0. The summed E-state index contributed by atoms with van der Waals surface area (Å²) in [5, 5.41) is 0. The van der Waals surface area contributed by atoms with Gasteiger partial charge in [0.1, 0.15) is 0 Å². The lowest BCUT2D eigenvalue weighted by Crippen LogP contribution is -2.14. The predicted octanol–water partition coefficient (Wildman–Crippen LogP) is 5.47. The molecule has 0 amide bonds. The lowest BCUT2D eigenvalue weighted by atomic mass is 9.84. The van der Waals surface area contributed by atoms with Gasteiger partial charge in [0.25, 0.3) is 0 Å². The van der Waals surface area contributed by atoms with Gasteiger partial charge in [-0.2, -0.15) is 0 Å². The molecule has 16 heavy (non-hydrogen) atoms. The molecule has 0 aliphatic rings. The maximum atomic E-state index is 3.90. The number of halogens is 1. The second-order valence-corrected chi connectivity index (χ2v) is 8.08. The summed E-state index contributed by atoms with van der Waals surface area (Å²) in [6.45, 7) is 18.7. The first-order valence-corrected chi connectivity index (χ1v) is 6.57. The molecule has 0 radical (unpaired) electrons. The van der Waals surface area contributed by atoms with Crippen molar-refractivity contribution in [2.24, 2.45) is 5.41 Å². The van der Waals surface area contributed by atoms with Crippen LogP contribution in [0.1, 0.15) is 34.6 Å². The van der Waals surface area contributed by atoms with Crippen LogP contribution in [0.25, 0.3) is 0 Å². The minimum atomic E-state index is 0.102. The Balaban J connectivity index is 5.45.